The van der Waals surface area contributed by atoms with Gasteiger partial charge in [-0.25, -0.2) is 4.98 Å². The van der Waals surface area contributed by atoms with E-state index in [0.29, 0.717) is 28.6 Å². The van der Waals surface area contributed by atoms with Crippen molar-refractivity contribution in [3.05, 3.63) is 71.8 Å². The number of rotatable bonds is 6. The number of nitrogens with one attached hydrogen (secondary N) is 2. The minimum Gasteiger partial charge on any atom is -0.493 e. The molecule has 0 aliphatic rings. The van der Waals surface area contributed by atoms with E-state index in [0.717, 1.165) is 23.1 Å². The summed E-state index contributed by atoms with van der Waals surface area (Å²) in [5.74, 6) is 1.15. The number of hydrogen-bond donors (Lipinski definition) is 2. The Morgan fingerprint density at radius 2 is 1.85 bits per heavy atom. The third-order valence-corrected chi connectivity index (χ3v) is 5.30. The summed E-state index contributed by atoms with van der Waals surface area (Å²) in [6, 6.07) is 18.4. The number of amides is 1. The number of anilines is 1. The highest BCUT2D eigenvalue weighted by atomic mass is 32.1. The molecule has 2 N–H and O–H groups in total. The highest BCUT2D eigenvalue weighted by Gasteiger charge is 2.13. The number of carbonyl (C=O) groups is 1. The zero-order valence-corrected chi connectivity index (χ0v) is 19.3. The molecule has 0 saturated carbocycles. The topological polar surface area (TPSA) is 85.6 Å². The summed E-state index contributed by atoms with van der Waals surface area (Å²) >= 11 is 5.32. The fraction of sp³-hybridized carbons (Fsp3) is 0.160. The number of oxazole rings is 1. The van der Waals surface area contributed by atoms with Crippen molar-refractivity contribution >= 4 is 40.0 Å². The standard InChI is InChI=1S/C25H23N3O4S/c1-4-15-8-10-20-19(12-15)27-24(32-20)17-6-5-7-18(13-17)26-25(33)28-23(29)16-9-11-21(30-2)22(14-16)31-3/h5-14H,4H2,1-3H3,(H2,26,28,29,33). The van der Waals surface area contributed by atoms with Crippen molar-refractivity contribution in [3.8, 4) is 23.0 Å². The van der Waals surface area contributed by atoms with E-state index in [2.05, 4.69) is 22.5 Å². The van der Waals surface area contributed by atoms with Crippen LogP contribution < -0.4 is 20.1 Å². The Labute approximate surface area is 196 Å². The van der Waals surface area contributed by atoms with Gasteiger partial charge in [-0.1, -0.05) is 19.1 Å². The lowest BCUT2D eigenvalue weighted by molar-refractivity contribution is 0.0977. The zero-order valence-electron chi connectivity index (χ0n) is 18.5. The summed E-state index contributed by atoms with van der Waals surface area (Å²) < 4.78 is 16.4. The molecule has 0 atom stereocenters. The number of ether oxygens (including phenoxy) is 2. The van der Waals surface area contributed by atoms with Gasteiger partial charge >= 0.3 is 0 Å². The van der Waals surface area contributed by atoms with Gasteiger partial charge in [0.05, 0.1) is 14.2 Å². The van der Waals surface area contributed by atoms with Crippen LogP contribution in [-0.4, -0.2) is 30.2 Å². The number of aryl methyl sites for hydroxylation is 1. The van der Waals surface area contributed by atoms with Gasteiger partial charge in [-0.15, -0.1) is 0 Å². The van der Waals surface area contributed by atoms with Gasteiger partial charge < -0.3 is 19.2 Å². The number of methoxy groups -OCH3 is 2. The number of carbonyl (C=O) groups excluding carboxylic acids is 1. The average Bonchev–Trinajstić information content (AvgIpc) is 3.27. The molecule has 0 aliphatic carbocycles. The first kappa shape index (κ1) is 22.3. The van der Waals surface area contributed by atoms with Gasteiger partial charge in [-0.2, -0.15) is 0 Å². The van der Waals surface area contributed by atoms with Crippen molar-refractivity contribution in [2.45, 2.75) is 13.3 Å². The van der Waals surface area contributed by atoms with Crippen molar-refractivity contribution in [2.75, 3.05) is 19.5 Å². The zero-order chi connectivity index (χ0) is 23.4. The molecule has 1 amide bonds. The summed E-state index contributed by atoms with van der Waals surface area (Å²) in [6.07, 6.45) is 0.935. The van der Waals surface area contributed by atoms with Crippen molar-refractivity contribution in [3.63, 3.8) is 0 Å². The van der Waals surface area contributed by atoms with E-state index in [1.54, 1.807) is 18.2 Å². The lowest BCUT2D eigenvalue weighted by atomic mass is 10.1. The van der Waals surface area contributed by atoms with Crippen LogP contribution in [0.3, 0.4) is 0 Å². The summed E-state index contributed by atoms with van der Waals surface area (Å²) in [5.41, 5.74) is 4.64. The normalized spacial score (nSPS) is 10.6. The molecular weight excluding hydrogens is 438 g/mol. The molecule has 33 heavy (non-hydrogen) atoms. The summed E-state index contributed by atoms with van der Waals surface area (Å²) in [5, 5.41) is 5.87. The molecule has 1 heterocycles. The molecule has 0 bridgehead atoms. The van der Waals surface area contributed by atoms with E-state index in [4.69, 9.17) is 26.1 Å². The first-order valence-electron chi connectivity index (χ1n) is 10.3. The summed E-state index contributed by atoms with van der Waals surface area (Å²) in [7, 11) is 3.05. The molecule has 0 radical (unpaired) electrons. The number of thiocarbonyl (C=S) groups is 1. The van der Waals surface area contributed by atoms with Crippen molar-refractivity contribution < 1.29 is 18.7 Å². The van der Waals surface area contributed by atoms with E-state index in [9.17, 15) is 4.79 Å². The first-order valence-corrected chi connectivity index (χ1v) is 10.8. The number of nitrogens with zero attached hydrogens (tertiary/aromatic N) is 1. The third-order valence-electron chi connectivity index (χ3n) is 5.10. The fourth-order valence-corrected chi connectivity index (χ4v) is 3.57. The van der Waals surface area contributed by atoms with Crippen LogP contribution >= 0.6 is 12.2 Å². The molecule has 4 rings (SSSR count). The van der Waals surface area contributed by atoms with Gasteiger partial charge in [0.2, 0.25) is 5.89 Å². The Balaban J connectivity index is 1.47. The quantitative estimate of drug-likeness (QED) is 0.382. The maximum absolute atomic E-state index is 12.6. The lowest BCUT2D eigenvalue weighted by Crippen LogP contribution is -2.34. The molecule has 0 saturated heterocycles. The second-order valence-electron chi connectivity index (χ2n) is 7.23. The maximum atomic E-state index is 12.6. The smallest absolute Gasteiger partial charge is 0.257 e. The minimum absolute atomic E-state index is 0.164. The van der Waals surface area contributed by atoms with Gasteiger partial charge in [-0.3, -0.25) is 10.1 Å². The van der Waals surface area contributed by atoms with E-state index < -0.39 is 0 Å². The van der Waals surface area contributed by atoms with Crippen LogP contribution in [-0.2, 0) is 6.42 Å². The Bertz CT molecular complexity index is 1330. The molecule has 0 fully saturated rings. The number of benzene rings is 3. The fourth-order valence-electron chi connectivity index (χ4n) is 3.36. The van der Waals surface area contributed by atoms with Gasteiger partial charge in [0, 0.05) is 16.8 Å². The minimum atomic E-state index is -0.365. The van der Waals surface area contributed by atoms with E-state index in [1.165, 1.54) is 19.8 Å². The van der Waals surface area contributed by atoms with Crippen LogP contribution in [0.5, 0.6) is 11.5 Å². The second-order valence-corrected chi connectivity index (χ2v) is 7.64. The van der Waals surface area contributed by atoms with E-state index in [1.807, 2.05) is 42.5 Å². The Morgan fingerprint density at radius 1 is 1.03 bits per heavy atom. The van der Waals surface area contributed by atoms with Crippen LogP contribution in [0.15, 0.2) is 65.1 Å². The van der Waals surface area contributed by atoms with Crippen LogP contribution in [0, 0.1) is 0 Å². The van der Waals surface area contributed by atoms with Crippen LogP contribution in [0.1, 0.15) is 22.8 Å². The van der Waals surface area contributed by atoms with Crippen molar-refractivity contribution in [2.24, 2.45) is 0 Å². The highest BCUT2D eigenvalue weighted by molar-refractivity contribution is 7.80. The van der Waals surface area contributed by atoms with Gasteiger partial charge in [-0.05, 0) is 72.7 Å². The molecule has 1 aromatic heterocycles. The molecule has 3 aromatic carbocycles. The predicted octanol–water partition coefficient (Wildman–Crippen LogP) is 5.20. The monoisotopic (exact) mass is 461 g/mol. The Kier molecular flexibility index (Phi) is 6.55. The van der Waals surface area contributed by atoms with E-state index >= 15 is 0 Å². The van der Waals surface area contributed by atoms with Crippen LogP contribution in [0.4, 0.5) is 5.69 Å². The first-order chi connectivity index (χ1) is 16.0. The van der Waals surface area contributed by atoms with Crippen molar-refractivity contribution in [1.29, 1.82) is 0 Å². The third kappa shape index (κ3) is 4.96. The number of hydrogen-bond acceptors (Lipinski definition) is 6. The van der Waals surface area contributed by atoms with E-state index in [-0.39, 0.29) is 11.0 Å². The largest absolute Gasteiger partial charge is 0.493 e. The SMILES string of the molecule is CCc1ccc2oc(-c3cccc(NC(=S)NC(=O)c4ccc(OC)c(OC)c4)c3)nc2c1. The second kappa shape index (κ2) is 9.70. The highest BCUT2D eigenvalue weighted by Crippen LogP contribution is 2.28. The number of aromatic nitrogens is 1. The summed E-state index contributed by atoms with van der Waals surface area (Å²) in [4.78, 5) is 17.2. The molecule has 0 aliphatic heterocycles. The summed E-state index contributed by atoms with van der Waals surface area (Å²) in [6.45, 7) is 2.10. The molecule has 0 spiro atoms. The molecule has 168 valence electrons. The van der Waals surface area contributed by atoms with Crippen molar-refractivity contribution in [1.82, 2.24) is 10.3 Å². The van der Waals surface area contributed by atoms with Gasteiger partial charge in [0.1, 0.15) is 5.52 Å². The molecular formula is C25H23N3O4S. The average molecular weight is 462 g/mol. The lowest BCUT2D eigenvalue weighted by Gasteiger charge is -2.12. The van der Waals surface area contributed by atoms with Gasteiger partial charge in [0.25, 0.3) is 5.91 Å². The van der Waals surface area contributed by atoms with Gasteiger partial charge in [0.15, 0.2) is 22.2 Å². The maximum Gasteiger partial charge on any atom is 0.257 e. The number of fused-ring (bicyclic) bond motifs is 1. The molecule has 4 aromatic rings. The van der Waals surface area contributed by atoms with Crippen LogP contribution in [0.25, 0.3) is 22.6 Å². The Hall–Kier alpha value is -3.91. The molecule has 0 unspecified atom stereocenters. The van der Waals surface area contributed by atoms with Crippen LogP contribution in [0.2, 0.25) is 0 Å². The predicted molar refractivity (Wildman–Crippen MR) is 132 cm³/mol. The Morgan fingerprint density at radius 3 is 2.61 bits per heavy atom. The molecule has 8 heteroatoms. The molecule has 7 nitrogen and oxygen atoms in total.